The summed E-state index contributed by atoms with van der Waals surface area (Å²) in [6.45, 7) is 6.21. The molecule has 1 aliphatic heterocycles. The fourth-order valence-corrected chi connectivity index (χ4v) is 3.30. The summed E-state index contributed by atoms with van der Waals surface area (Å²) in [4.78, 5) is 18.7. The van der Waals surface area contributed by atoms with E-state index in [1.807, 2.05) is 10.3 Å². The molecule has 0 saturated carbocycles. The number of rotatable bonds is 4. The van der Waals surface area contributed by atoms with Crippen molar-refractivity contribution in [3.8, 4) is 0 Å². The number of hydrogen-bond donors (Lipinski definition) is 0. The van der Waals surface area contributed by atoms with E-state index in [9.17, 15) is 4.79 Å². The molecule has 6 nitrogen and oxygen atoms in total. The molecular formula is C14H19N5OS. The molecule has 0 bridgehead atoms. The number of hydrogen-bond acceptors (Lipinski definition) is 5. The molecule has 0 saturated heterocycles. The summed E-state index contributed by atoms with van der Waals surface area (Å²) >= 11 is 1.62. The smallest absolute Gasteiger partial charge is 0.229 e. The molecule has 21 heavy (non-hydrogen) atoms. The van der Waals surface area contributed by atoms with Crippen LogP contribution in [0, 0.1) is 0 Å². The third kappa shape index (κ3) is 2.83. The number of thiazole rings is 1. The molecule has 7 heteroatoms. The maximum Gasteiger partial charge on any atom is 0.229 e. The van der Waals surface area contributed by atoms with Crippen molar-refractivity contribution in [2.75, 3.05) is 6.54 Å². The van der Waals surface area contributed by atoms with Crippen molar-refractivity contribution in [1.82, 2.24) is 24.6 Å². The van der Waals surface area contributed by atoms with Crippen molar-refractivity contribution in [2.45, 2.75) is 46.2 Å². The van der Waals surface area contributed by atoms with Crippen LogP contribution in [0.25, 0.3) is 0 Å². The highest BCUT2D eigenvalue weighted by Gasteiger charge is 2.24. The molecule has 112 valence electrons. The van der Waals surface area contributed by atoms with E-state index in [2.05, 4.69) is 33.6 Å². The fraction of sp³-hybridized carbons (Fsp3) is 0.571. The van der Waals surface area contributed by atoms with E-state index in [1.165, 1.54) is 0 Å². The molecule has 1 aliphatic rings. The van der Waals surface area contributed by atoms with E-state index < -0.39 is 0 Å². The lowest BCUT2D eigenvalue weighted by atomic mass is 10.2. The summed E-state index contributed by atoms with van der Waals surface area (Å²) in [5.41, 5.74) is 0.878. The first-order valence-corrected chi connectivity index (χ1v) is 8.21. The van der Waals surface area contributed by atoms with Crippen LogP contribution in [-0.4, -0.2) is 37.1 Å². The number of amides is 1. The third-order valence-corrected chi connectivity index (χ3v) is 4.77. The molecule has 0 aliphatic carbocycles. The summed E-state index contributed by atoms with van der Waals surface area (Å²) < 4.78 is 2.13. The standard InChI is InChI=1S/C14H19N5OS/c1-3-11-16-17-12-8-18(5-6-19(11)12)14(20)7-10-9-21-13(4-2)15-10/h9H,3-8H2,1-2H3. The summed E-state index contributed by atoms with van der Waals surface area (Å²) in [5, 5.41) is 11.4. The molecule has 1 amide bonds. The molecule has 0 atom stereocenters. The van der Waals surface area contributed by atoms with E-state index in [0.29, 0.717) is 13.0 Å². The molecular weight excluding hydrogens is 286 g/mol. The van der Waals surface area contributed by atoms with Gasteiger partial charge in [-0.2, -0.15) is 0 Å². The lowest BCUT2D eigenvalue weighted by molar-refractivity contribution is -0.132. The quantitative estimate of drug-likeness (QED) is 0.857. The van der Waals surface area contributed by atoms with Crippen LogP contribution in [-0.2, 0) is 37.1 Å². The van der Waals surface area contributed by atoms with Gasteiger partial charge < -0.3 is 9.47 Å². The highest BCUT2D eigenvalue weighted by molar-refractivity contribution is 7.09. The lowest BCUT2D eigenvalue weighted by Crippen LogP contribution is -2.39. The predicted octanol–water partition coefficient (Wildman–Crippen LogP) is 1.44. The second-order valence-electron chi connectivity index (χ2n) is 5.12. The van der Waals surface area contributed by atoms with Crippen molar-refractivity contribution >= 4 is 17.2 Å². The molecule has 0 spiro atoms. The third-order valence-electron chi connectivity index (χ3n) is 3.73. The van der Waals surface area contributed by atoms with Gasteiger partial charge in [-0.25, -0.2) is 4.98 Å². The van der Waals surface area contributed by atoms with Gasteiger partial charge in [-0.15, -0.1) is 21.5 Å². The van der Waals surface area contributed by atoms with Crippen LogP contribution in [0.4, 0.5) is 0 Å². The number of carbonyl (C=O) groups excluding carboxylic acids is 1. The van der Waals surface area contributed by atoms with Crippen LogP contribution in [0.15, 0.2) is 5.38 Å². The minimum Gasteiger partial charge on any atom is -0.333 e. The molecule has 0 radical (unpaired) electrons. The second kappa shape index (κ2) is 5.93. The zero-order valence-electron chi connectivity index (χ0n) is 12.4. The van der Waals surface area contributed by atoms with Gasteiger partial charge in [-0.1, -0.05) is 13.8 Å². The van der Waals surface area contributed by atoms with Gasteiger partial charge in [0.2, 0.25) is 5.91 Å². The van der Waals surface area contributed by atoms with Crippen LogP contribution >= 0.6 is 11.3 Å². The Morgan fingerprint density at radius 1 is 1.29 bits per heavy atom. The summed E-state index contributed by atoms with van der Waals surface area (Å²) in [6.07, 6.45) is 2.18. The van der Waals surface area contributed by atoms with Crippen molar-refractivity contribution in [3.63, 3.8) is 0 Å². The SMILES string of the molecule is CCc1nc(CC(=O)N2CCn3c(CC)nnc3C2)cs1. The predicted molar refractivity (Wildman–Crippen MR) is 80.0 cm³/mol. The maximum absolute atomic E-state index is 12.4. The Morgan fingerprint density at radius 3 is 2.86 bits per heavy atom. The highest BCUT2D eigenvalue weighted by Crippen LogP contribution is 2.16. The van der Waals surface area contributed by atoms with Crippen LogP contribution in [0.1, 0.15) is 36.2 Å². The van der Waals surface area contributed by atoms with Gasteiger partial charge >= 0.3 is 0 Å². The first kappa shape index (κ1) is 14.2. The summed E-state index contributed by atoms with van der Waals surface area (Å²) in [6, 6.07) is 0. The number of aryl methyl sites for hydroxylation is 2. The molecule has 0 fully saturated rings. The number of fused-ring (bicyclic) bond motifs is 1. The molecule has 3 heterocycles. The Hall–Kier alpha value is -1.76. The molecule has 0 unspecified atom stereocenters. The molecule has 2 aromatic rings. The summed E-state index contributed by atoms with van der Waals surface area (Å²) in [5.74, 6) is 2.01. The normalized spacial score (nSPS) is 14.3. The van der Waals surface area contributed by atoms with Crippen molar-refractivity contribution in [3.05, 3.63) is 27.7 Å². The first-order valence-electron chi connectivity index (χ1n) is 7.33. The average Bonchev–Trinajstić information content (AvgIpc) is 3.12. The fourth-order valence-electron chi connectivity index (χ4n) is 2.55. The largest absolute Gasteiger partial charge is 0.333 e. The Morgan fingerprint density at radius 2 is 2.14 bits per heavy atom. The van der Waals surface area contributed by atoms with Crippen LogP contribution in [0.3, 0.4) is 0 Å². The van der Waals surface area contributed by atoms with Crippen molar-refractivity contribution in [1.29, 1.82) is 0 Å². The van der Waals surface area contributed by atoms with E-state index in [4.69, 9.17) is 0 Å². The van der Waals surface area contributed by atoms with Gasteiger partial charge in [-0.05, 0) is 6.42 Å². The minimum atomic E-state index is 0.121. The molecule has 3 rings (SSSR count). The van der Waals surface area contributed by atoms with Crippen molar-refractivity contribution < 1.29 is 4.79 Å². The number of nitrogens with zero attached hydrogens (tertiary/aromatic N) is 5. The second-order valence-corrected chi connectivity index (χ2v) is 6.06. The zero-order valence-corrected chi connectivity index (χ0v) is 13.2. The van der Waals surface area contributed by atoms with Gasteiger partial charge in [0.1, 0.15) is 5.82 Å². The maximum atomic E-state index is 12.4. The van der Waals surface area contributed by atoms with E-state index >= 15 is 0 Å². The Bertz CT molecular complexity index is 648. The Labute approximate surface area is 127 Å². The van der Waals surface area contributed by atoms with Gasteiger partial charge in [0.25, 0.3) is 0 Å². The van der Waals surface area contributed by atoms with E-state index in [-0.39, 0.29) is 5.91 Å². The summed E-state index contributed by atoms with van der Waals surface area (Å²) in [7, 11) is 0. The lowest BCUT2D eigenvalue weighted by Gasteiger charge is -2.27. The van der Waals surface area contributed by atoms with E-state index in [0.717, 1.165) is 48.3 Å². The monoisotopic (exact) mass is 305 g/mol. The minimum absolute atomic E-state index is 0.121. The molecule has 0 aromatic carbocycles. The van der Waals surface area contributed by atoms with Gasteiger partial charge in [0.15, 0.2) is 5.82 Å². The van der Waals surface area contributed by atoms with Crippen LogP contribution < -0.4 is 0 Å². The topological polar surface area (TPSA) is 63.9 Å². The van der Waals surface area contributed by atoms with Crippen LogP contribution in [0.5, 0.6) is 0 Å². The molecule has 0 N–H and O–H groups in total. The Balaban J connectivity index is 1.66. The average molecular weight is 305 g/mol. The van der Waals surface area contributed by atoms with Gasteiger partial charge in [0.05, 0.1) is 23.7 Å². The Kier molecular flexibility index (Phi) is 4.01. The molecule has 2 aromatic heterocycles. The highest BCUT2D eigenvalue weighted by atomic mass is 32.1. The van der Waals surface area contributed by atoms with Crippen molar-refractivity contribution in [2.24, 2.45) is 0 Å². The van der Waals surface area contributed by atoms with Gasteiger partial charge in [-0.3, -0.25) is 4.79 Å². The first-order chi connectivity index (χ1) is 10.2. The number of aromatic nitrogens is 4. The van der Waals surface area contributed by atoms with Gasteiger partial charge in [0, 0.05) is 24.9 Å². The van der Waals surface area contributed by atoms with Crippen LogP contribution in [0.2, 0.25) is 0 Å². The number of carbonyl (C=O) groups is 1. The zero-order chi connectivity index (χ0) is 14.8. The van der Waals surface area contributed by atoms with E-state index in [1.54, 1.807) is 11.3 Å².